The lowest BCUT2D eigenvalue weighted by Crippen LogP contribution is -2.05. The van der Waals surface area contributed by atoms with Gasteiger partial charge in [-0.3, -0.25) is 0 Å². The van der Waals surface area contributed by atoms with Crippen molar-refractivity contribution in [3.05, 3.63) is 24.0 Å². The topological polar surface area (TPSA) is 51.6 Å². The Bertz CT molecular complexity index is 505. The molecular weight excluding hydrogens is 200 g/mol. The summed E-state index contributed by atoms with van der Waals surface area (Å²) in [6, 6.07) is 0. The van der Waals surface area contributed by atoms with Gasteiger partial charge in [0.1, 0.15) is 23.2 Å². The summed E-state index contributed by atoms with van der Waals surface area (Å²) in [5.41, 5.74) is 2.72. The molecule has 16 heavy (non-hydrogen) atoms. The maximum Gasteiger partial charge on any atom is 0.132 e. The summed E-state index contributed by atoms with van der Waals surface area (Å²) in [6.45, 7) is 8.42. The third kappa shape index (κ3) is 1.87. The van der Waals surface area contributed by atoms with E-state index in [-0.39, 0.29) is 0 Å². The van der Waals surface area contributed by atoms with E-state index in [4.69, 9.17) is 0 Å². The number of nitrogens with zero attached hydrogens (tertiary/aromatic N) is 4. The molecule has 2 heterocycles. The molecule has 0 N–H and O–H groups in total. The highest BCUT2D eigenvalue weighted by atomic mass is 15.0. The van der Waals surface area contributed by atoms with Gasteiger partial charge in [-0.25, -0.2) is 19.9 Å². The normalized spacial score (nSPS) is 11.6. The van der Waals surface area contributed by atoms with Gasteiger partial charge in [-0.15, -0.1) is 0 Å². The van der Waals surface area contributed by atoms with Crippen LogP contribution in [0.25, 0.3) is 11.0 Å². The fourth-order valence-corrected chi connectivity index (χ4v) is 1.59. The second-order valence-corrected chi connectivity index (χ2v) is 4.53. The van der Waals surface area contributed by atoms with E-state index in [0.29, 0.717) is 11.8 Å². The monoisotopic (exact) mass is 216 g/mol. The van der Waals surface area contributed by atoms with Gasteiger partial charge in [-0.05, 0) is 5.92 Å². The lowest BCUT2D eigenvalue weighted by atomic mass is 10.1. The van der Waals surface area contributed by atoms with E-state index in [2.05, 4.69) is 47.6 Å². The Morgan fingerprint density at radius 3 is 2.38 bits per heavy atom. The molecule has 0 saturated heterocycles. The van der Waals surface area contributed by atoms with Gasteiger partial charge in [-0.2, -0.15) is 0 Å². The van der Waals surface area contributed by atoms with Crippen LogP contribution in [0.4, 0.5) is 0 Å². The Morgan fingerprint density at radius 1 is 1.00 bits per heavy atom. The third-order valence-corrected chi connectivity index (χ3v) is 2.47. The largest absolute Gasteiger partial charge is 0.243 e. The van der Waals surface area contributed by atoms with Gasteiger partial charge in [0.25, 0.3) is 0 Å². The van der Waals surface area contributed by atoms with Crippen molar-refractivity contribution in [1.82, 2.24) is 19.9 Å². The van der Waals surface area contributed by atoms with E-state index in [1.807, 2.05) is 0 Å². The fraction of sp³-hybridized carbons (Fsp3) is 0.500. The Balaban J connectivity index is 2.74. The maximum atomic E-state index is 4.60. The third-order valence-electron chi connectivity index (χ3n) is 2.47. The van der Waals surface area contributed by atoms with Crippen LogP contribution in [0.15, 0.2) is 12.5 Å². The first kappa shape index (κ1) is 10.9. The maximum absolute atomic E-state index is 4.60. The summed E-state index contributed by atoms with van der Waals surface area (Å²) < 4.78 is 0. The summed E-state index contributed by atoms with van der Waals surface area (Å²) in [5, 5.41) is 0. The Hall–Kier alpha value is -1.58. The van der Waals surface area contributed by atoms with Crippen molar-refractivity contribution < 1.29 is 0 Å². The van der Waals surface area contributed by atoms with Crippen LogP contribution in [0, 0.1) is 0 Å². The smallest absolute Gasteiger partial charge is 0.132 e. The Morgan fingerprint density at radius 2 is 1.75 bits per heavy atom. The van der Waals surface area contributed by atoms with Crippen molar-refractivity contribution in [2.75, 3.05) is 0 Å². The zero-order valence-electron chi connectivity index (χ0n) is 10.1. The standard InChI is InChI=1S/C12H16N4/c1-7(2)10-11-9(5-13-6-14-11)15-12(16-10)8(3)4/h5-8H,1-4H3. The first-order valence-corrected chi connectivity index (χ1v) is 5.57. The molecule has 4 heteroatoms. The molecule has 0 aliphatic carbocycles. The molecule has 2 rings (SSSR count). The highest BCUT2D eigenvalue weighted by molar-refractivity contribution is 5.75. The zero-order chi connectivity index (χ0) is 11.7. The summed E-state index contributed by atoms with van der Waals surface area (Å²) in [6.07, 6.45) is 3.30. The molecule has 2 aromatic rings. The van der Waals surface area contributed by atoms with Gasteiger partial charge in [0.05, 0.1) is 11.9 Å². The van der Waals surface area contributed by atoms with Crippen molar-refractivity contribution >= 4 is 11.0 Å². The van der Waals surface area contributed by atoms with Crippen molar-refractivity contribution in [3.63, 3.8) is 0 Å². The molecule has 0 spiro atoms. The molecule has 84 valence electrons. The molecule has 0 aromatic carbocycles. The average Bonchev–Trinajstić information content (AvgIpc) is 2.27. The Kier molecular flexibility index (Phi) is 2.81. The molecule has 0 saturated carbocycles. The predicted molar refractivity (Wildman–Crippen MR) is 63.3 cm³/mol. The van der Waals surface area contributed by atoms with Crippen molar-refractivity contribution in [2.45, 2.75) is 39.5 Å². The van der Waals surface area contributed by atoms with Crippen LogP contribution in [0.1, 0.15) is 51.0 Å². The van der Waals surface area contributed by atoms with Crippen LogP contribution >= 0.6 is 0 Å². The molecule has 0 atom stereocenters. The van der Waals surface area contributed by atoms with Gasteiger partial charge in [0.2, 0.25) is 0 Å². The van der Waals surface area contributed by atoms with E-state index in [1.165, 1.54) is 0 Å². The van der Waals surface area contributed by atoms with Crippen LogP contribution in [0.5, 0.6) is 0 Å². The molecule has 4 nitrogen and oxygen atoms in total. The van der Waals surface area contributed by atoms with Crippen LogP contribution in [-0.4, -0.2) is 19.9 Å². The summed E-state index contributed by atoms with van der Waals surface area (Å²) in [5.74, 6) is 1.53. The SMILES string of the molecule is CC(C)c1nc(C(C)C)c2ncncc2n1. The molecule has 0 aliphatic rings. The number of hydrogen-bond donors (Lipinski definition) is 0. The summed E-state index contributed by atoms with van der Waals surface area (Å²) in [7, 11) is 0. The van der Waals surface area contributed by atoms with Gasteiger partial charge >= 0.3 is 0 Å². The summed E-state index contributed by atoms with van der Waals surface area (Å²) >= 11 is 0. The minimum atomic E-state index is 0.321. The van der Waals surface area contributed by atoms with Gasteiger partial charge in [-0.1, -0.05) is 27.7 Å². The van der Waals surface area contributed by atoms with E-state index >= 15 is 0 Å². The van der Waals surface area contributed by atoms with Crippen molar-refractivity contribution in [2.24, 2.45) is 0 Å². The molecule has 2 aromatic heterocycles. The number of aromatic nitrogens is 4. The van der Waals surface area contributed by atoms with E-state index in [9.17, 15) is 0 Å². The minimum Gasteiger partial charge on any atom is -0.243 e. The molecular formula is C12H16N4. The first-order chi connectivity index (χ1) is 7.59. The predicted octanol–water partition coefficient (Wildman–Crippen LogP) is 2.67. The number of hydrogen-bond acceptors (Lipinski definition) is 4. The first-order valence-electron chi connectivity index (χ1n) is 5.57. The van der Waals surface area contributed by atoms with Gasteiger partial charge in [0, 0.05) is 5.92 Å². The van der Waals surface area contributed by atoms with Crippen molar-refractivity contribution in [1.29, 1.82) is 0 Å². The van der Waals surface area contributed by atoms with Crippen LogP contribution in [-0.2, 0) is 0 Å². The van der Waals surface area contributed by atoms with E-state index < -0.39 is 0 Å². The molecule has 0 fully saturated rings. The second kappa shape index (κ2) is 4.12. The minimum absolute atomic E-state index is 0.321. The number of rotatable bonds is 2. The van der Waals surface area contributed by atoms with Gasteiger partial charge in [0.15, 0.2) is 0 Å². The fourth-order valence-electron chi connectivity index (χ4n) is 1.59. The van der Waals surface area contributed by atoms with Gasteiger partial charge < -0.3 is 0 Å². The lowest BCUT2D eigenvalue weighted by molar-refractivity contribution is 0.740. The van der Waals surface area contributed by atoms with Crippen molar-refractivity contribution in [3.8, 4) is 0 Å². The van der Waals surface area contributed by atoms with Crippen LogP contribution < -0.4 is 0 Å². The molecule has 0 unspecified atom stereocenters. The molecule has 0 aliphatic heterocycles. The zero-order valence-corrected chi connectivity index (χ0v) is 10.1. The molecule has 0 radical (unpaired) electrons. The van der Waals surface area contributed by atoms with E-state index in [0.717, 1.165) is 22.6 Å². The second-order valence-electron chi connectivity index (χ2n) is 4.53. The van der Waals surface area contributed by atoms with E-state index in [1.54, 1.807) is 12.5 Å². The molecule has 0 bridgehead atoms. The quantitative estimate of drug-likeness (QED) is 0.774. The highest BCUT2D eigenvalue weighted by Gasteiger charge is 2.13. The highest BCUT2D eigenvalue weighted by Crippen LogP contribution is 2.22. The Labute approximate surface area is 95.2 Å². The average molecular weight is 216 g/mol. The number of fused-ring (bicyclic) bond motifs is 1. The molecule has 0 amide bonds. The summed E-state index contributed by atoms with van der Waals surface area (Å²) in [4.78, 5) is 17.4. The lowest BCUT2D eigenvalue weighted by Gasteiger charge is -2.11. The van der Waals surface area contributed by atoms with Crippen LogP contribution in [0.3, 0.4) is 0 Å². The van der Waals surface area contributed by atoms with Crippen LogP contribution in [0.2, 0.25) is 0 Å².